The van der Waals surface area contributed by atoms with Gasteiger partial charge in [0.2, 0.25) is 0 Å². The molecule has 0 aliphatic heterocycles. The molecule has 3 nitrogen and oxygen atoms in total. The summed E-state index contributed by atoms with van der Waals surface area (Å²) in [6.07, 6.45) is 0. The monoisotopic (exact) mass is 175 g/mol. The van der Waals surface area contributed by atoms with Crippen molar-refractivity contribution in [1.29, 1.82) is 0 Å². The van der Waals surface area contributed by atoms with Crippen LogP contribution in [0.5, 0.6) is 0 Å². The summed E-state index contributed by atoms with van der Waals surface area (Å²) in [5, 5.41) is 3.19. The molecule has 0 rings (SSSR count). The van der Waals surface area contributed by atoms with Gasteiger partial charge in [-0.25, -0.2) is 0 Å². The van der Waals surface area contributed by atoms with Crippen molar-refractivity contribution >= 4 is 0 Å². The maximum absolute atomic E-state index is 5.39. The van der Waals surface area contributed by atoms with Crippen LogP contribution in [0.3, 0.4) is 0 Å². The van der Waals surface area contributed by atoms with Gasteiger partial charge >= 0.3 is 0 Å². The van der Waals surface area contributed by atoms with Crippen molar-refractivity contribution in [2.45, 2.75) is 19.9 Å². The first kappa shape index (κ1) is 11.9. The van der Waals surface area contributed by atoms with Gasteiger partial charge in [-0.15, -0.1) is 0 Å². The van der Waals surface area contributed by atoms with Crippen molar-refractivity contribution in [2.75, 3.05) is 34.0 Å². The van der Waals surface area contributed by atoms with E-state index in [4.69, 9.17) is 9.47 Å². The first-order valence-electron chi connectivity index (χ1n) is 4.46. The van der Waals surface area contributed by atoms with Crippen molar-refractivity contribution < 1.29 is 9.47 Å². The summed E-state index contributed by atoms with van der Waals surface area (Å²) in [6, 6.07) is 0.507. The van der Waals surface area contributed by atoms with Gasteiger partial charge in [-0.2, -0.15) is 0 Å². The molecule has 2 unspecified atom stereocenters. The summed E-state index contributed by atoms with van der Waals surface area (Å²) in [4.78, 5) is 0. The lowest BCUT2D eigenvalue weighted by atomic mass is 10.1. The highest BCUT2D eigenvalue weighted by Crippen LogP contribution is 2.01. The number of hydrogen-bond donors (Lipinski definition) is 1. The Morgan fingerprint density at radius 2 is 1.92 bits per heavy atom. The lowest BCUT2D eigenvalue weighted by molar-refractivity contribution is 0.0489. The molecule has 0 aromatic heterocycles. The summed E-state index contributed by atoms with van der Waals surface area (Å²) in [6.45, 7) is 6.50. The van der Waals surface area contributed by atoms with Gasteiger partial charge in [-0.05, 0) is 19.9 Å². The van der Waals surface area contributed by atoms with Crippen LogP contribution in [-0.4, -0.2) is 40.0 Å². The maximum Gasteiger partial charge on any atom is 0.0700 e. The zero-order chi connectivity index (χ0) is 9.40. The molecule has 0 saturated carbocycles. The van der Waals surface area contributed by atoms with E-state index in [0.29, 0.717) is 25.2 Å². The molecule has 0 heterocycles. The lowest BCUT2D eigenvalue weighted by Crippen LogP contribution is -2.31. The van der Waals surface area contributed by atoms with E-state index < -0.39 is 0 Å². The molecule has 0 aromatic rings. The molecular weight excluding hydrogens is 154 g/mol. The Morgan fingerprint density at radius 1 is 1.25 bits per heavy atom. The van der Waals surface area contributed by atoms with E-state index in [9.17, 15) is 0 Å². The fourth-order valence-corrected chi connectivity index (χ4v) is 0.840. The molecule has 3 heteroatoms. The summed E-state index contributed by atoms with van der Waals surface area (Å²) >= 11 is 0. The Hall–Kier alpha value is -0.120. The molecule has 2 atom stereocenters. The molecule has 0 spiro atoms. The highest BCUT2D eigenvalue weighted by molar-refractivity contribution is 4.64. The number of methoxy groups -OCH3 is 1. The van der Waals surface area contributed by atoms with Crippen molar-refractivity contribution in [2.24, 2.45) is 5.92 Å². The second-order valence-electron chi connectivity index (χ2n) is 3.12. The highest BCUT2D eigenvalue weighted by Gasteiger charge is 2.08. The van der Waals surface area contributed by atoms with Crippen LogP contribution in [0.15, 0.2) is 0 Å². The third-order valence-electron chi connectivity index (χ3n) is 2.12. The first-order chi connectivity index (χ1) is 5.72. The van der Waals surface area contributed by atoms with Crippen LogP contribution >= 0.6 is 0 Å². The molecule has 0 fully saturated rings. The average Bonchev–Trinajstić information content (AvgIpc) is 2.10. The third kappa shape index (κ3) is 5.52. The number of hydrogen-bond acceptors (Lipinski definition) is 3. The fraction of sp³-hybridized carbons (Fsp3) is 1.00. The molecule has 0 saturated heterocycles. The van der Waals surface area contributed by atoms with Crippen LogP contribution in [0.2, 0.25) is 0 Å². The summed E-state index contributed by atoms with van der Waals surface area (Å²) in [5.74, 6) is 0.548. The summed E-state index contributed by atoms with van der Waals surface area (Å²) in [5.41, 5.74) is 0. The van der Waals surface area contributed by atoms with Crippen LogP contribution in [0.4, 0.5) is 0 Å². The van der Waals surface area contributed by atoms with Crippen LogP contribution in [0.1, 0.15) is 13.8 Å². The van der Waals surface area contributed by atoms with E-state index in [1.807, 2.05) is 7.05 Å². The van der Waals surface area contributed by atoms with Gasteiger partial charge in [0.05, 0.1) is 19.8 Å². The van der Waals surface area contributed by atoms with Crippen LogP contribution in [0.25, 0.3) is 0 Å². The van der Waals surface area contributed by atoms with E-state index in [0.717, 1.165) is 6.61 Å². The minimum absolute atomic E-state index is 0.507. The van der Waals surface area contributed by atoms with Gasteiger partial charge in [0, 0.05) is 13.2 Å². The van der Waals surface area contributed by atoms with E-state index in [1.165, 1.54) is 0 Å². The first-order valence-corrected chi connectivity index (χ1v) is 4.46. The minimum Gasteiger partial charge on any atom is -0.382 e. The van der Waals surface area contributed by atoms with Crippen LogP contribution < -0.4 is 5.32 Å². The molecule has 74 valence electrons. The van der Waals surface area contributed by atoms with Crippen LogP contribution in [0, 0.1) is 5.92 Å². The lowest BCUT2D eigenvalue weighted by Gasteiger charge is -2.18. The maximum atomic E-state index is 5.39. The smallest absolute Gasteiger partial charge is 0.0700 e. The summed E-state index contributed by atoms with van der Waals surface area (Å²) < 4.78 is 10.3. The number of ether oxygens (including phenoxy) is 2. The molecule has 0 aliphatic carbocycles. The zero-order valence-electron chi connectivity index (χ0n) is 8.59. The minimum atomic E-state index is 0.507. The Bertz CT molecular complexity index is 98.5. The highest BCUT2D eigenvalue weighted by atomic mass is 16.5. The standard InChI is InChI=1S/C9H21NO2/c1-8(9(2)10-3)7-12-6-5-11-4/h8-10H,5-7H2,1-4H3. The predicted molar refractivity (Wildman–Crippen MR) is 50.4 cm³/mol. The van der Waals surface area contributed by atoms with E-state index in [2.05, 4.69) is 19.2 Å². The van der Waals surface area contributed by atoms with Gasteiger partial charge in [-0.1, -0.05) is 6.92 Å². The van der Waals surface area contributed by atoms with Crippen molar-refractivity contribution in [3.63, 3.8) is 0 Å². The van der Waals surface area contributed by atoms with Crippen LogP contribution in [-0.2, 0) is 9.47 Å². The van der Waals surface area contributed by atoms with Crippen molar-refractivity contribution in [1.82, 2.24) is 5.32 Å². The Balaban J connectivity index is 3.24. The second kappa shape index (κ2) is 7.53. The molecule has 0 aliphatic rings. The van der Waals surface area contributed by atoms with Gasteiger partial charge in [-0.3, -0.25) is 0 Å². The second-order valence-corrected chi connectivity index (χ2v) is 3.12. The van der Waals surface area contributed by atoms with Gasteiger partial charge in [0.15, 0.2) is 0 Å². The number of rotatable bonds is 7. The fourth-order valence-electron chi connectivity index (χ4n) is 0.840. The predicted octanol–water partition coefficient (Wildman–Crippen LogP) is 0.893. The molecule has 12 heavy (non-hydrogen) atoms. The Labute approximate surface area is 75.4 Å². The Kier molecular flexibility index (Phi) is 7.45. The zero-order valence-corrected chi connectivity index (χ0v) is 8.59. The van der Waals surface area contributed by atoms with Gasteiger partial charge in [0.1, 0.15) is 0 Å². The molecule has 0 amide bonds. The van der Waals surface area contributed by atoms with Crippen molar-refractivity contribution in [3.05, 3.63) is 0 Å². The molecule has 1 N–H and O–H groups in total. The largest absolute Gasteiger partial charge is 0.382 e. The van der Waals surface area contributed by atoms with E-state index in [-0.39, 0.29) is 0 Å². The van der Waals surface area contributed by atoms with Gasteiger partial charge < -0.3 is 14.8 Å². The topological polar surface area (TPSA) is 30.5 Å². The van der Waals surface area contributed by atoms with Gasteiger partial charge in [0.25, 0.3) is 0 Å². The van der Waals surface area contributed by atoms with Crippen molar-refractivity contribution in [3.8, 4) is 0 Å². The molecule has 0 radical (unpaired) electrons. The molecular formula is C9H21NO2. The SMILES string of the molecule is CNC(C)C(C)COCCOC. The quantitative estimate of drug-likeness (QED) is 0.583. The summed E-state index contributed by atoms with van der Waals surface area (Å²) in [7, 11) is 3.65. The normalized spacial score (nSPS) is 16.0. The molecule has 0 aromatic carbocycles. The van der Waals surface area contributed by atoms with E-state index in [1.54, 1.807) is 7.11 Å². The average molecular weight is 175 g/mol. The third-order valence-corrected chi connectivity index (χ3v) is 2.12. The Morgan fingerprint density at radius 3 is 2.42 bits per heavy atom. The number of nitrogens with one attached hydrogen (secondary N) is 1. The molecule has 0 bridgehead atoms. The van der Waals surface area contributed by atoms with E-state index >= 15 is 0 Å².